The summed E-state index contributed by atoms with van der Waals surface area (Å²) >= 11 is 0. The van der Waals surface area contributed by atoms with Crippen LogP contribution in [0.4, 0.5) is 5.69 Å². The van der Waals surface area contributed by atoms with E-state index < -0.39 is 48.9 Å². The molecule has 1 atom stereocenters. The van der Waals surface area contributed by atoms with Crippen LogP contribution in [0.5, 0.6) is 0 Å². The zero-order valence-electron chi connectivity index (χ0n) is 31.7. The molecule has 4 aromatic rings. The number of benzene rings is 1. The van der Waals surface area contributed by atoms with Crippen molar-refractivity contribution < 1.29 is 44.4 Å². The molecule has 0 aliphatic carbocycles. The van der Waals surface area contributed by atoms with E-state index in [1.54, 1.807) is 26.1 Å². The van der Waals surface area contributed by atoms with Crippen LogP contribution in [0, 0.1) is 6.92 Å². The zero-order valence-corrected chi connectivity index (χ0v) is 31.7. The normalized spacial score (nSPS) is 12.6. The zero-order chi connectivity index (χ0) is 41.5. The predicted octanol–water partition coefficient (Wildman–Crippen LogP) is 3.81. The summed E-state index contributed by atoms with van der Waals surface area (Å²) in [6, 6.07) is 16.9. The molecule has 1 amide bonds. The lowest BCUT2D eigenvalue weighted by Crippen LogP contribution is -2.53. The van der Waals surface area contributed by atoms with Gasteiger partial charge in [0.25, 0.3) is 5.91 Å². The van der Waals surface area contributed by atoms with Gasteiger partial charge in [0.05, 0.1) is 42.4 Å². The number of anilines is 1. The molecule has 2 aliphatic heterocycles. The SMILES string of the molecule is Cc1ccc(-c2cc3cc4nc(cc5ccc(cc6nc(cc2[nH]3)C=C6)[nH]5)C=C4)cc1NC(=O)C(C(=O)O)N(CCN(CCN(C)CC(=O)O)CC(=O)O)CC(=O)O. The number of nitrogens with one attached hydrogen (secondary N) is 3. The highest BCUT2D eigenvalue weighted by Gasteiger charge is 2.35. The molecule has 5 heterocycles. The van der Waals surface area contributed by atoms with E-state index in [4.69, 9.17) is 15.1 Å². The maximum Gasteiger partial charge on any atom is 0.330 e. The van der Waals surface area contributed by atoms with Crippen molar-refractivity contribution >= 4 is 81.8 Å². The van der Waals surface area contributed by atoms with Crippen molar-refractivity contribution in [2.75, 3.05) is 58.2 Å². The summed E-state index contributed by atoms with van der Waals surface area (Å²) in [4.78, 5) is 81.2. The van der Waals surface area contributed by atoms with Crippen molar-refractivity contribution in [2.45, 2.75) is 13.0 Å². The quantitative estimate of drug-likeness (QED) is 0.0650. The molecule has 1 aromatic carbocycles. The van der Waals surface area contributed by atoms with Crippen molar-refractivity contribution in [1.82, 2.24) is 34.6 Å². The van der Waals surface area contributed by atoms with E-state index in [1.807, 2.05) is 72.8 Å². The molecule has 0 saturated carbocycles. The average molecular weight is 791 g/mol. The van der Waals surface area contributed by atoms with Crippen LogP contribution in [-0.4, -0.2) is 144 Å². The molecule has 0 saturated heterocycles. The Kier molecular flexibility index (Phi) is 12.6. The lowest BCUT2D eigenvalue weighted by Gasteiger charge is -2.30. The molecule has 6 rings (SSSR count). The number of aliphatic carboxylic acids is 4. The maximum absolute atomic E-state index is 13.8. The molecular weight excluding hydrogens is 748 g/mol. The summed E-state index contributed by atoms with van der Waals surface area (Å²) in [6.45, 7) is -0.0283. The van der Waals surface area contributed by atoms with Crippen LogP contribution in [0.1, 0.15) is 28.3 Å². The van der Waals surface area contributed by atoms with Gasteiger partial charge in [-0.25, -0.2) is 14.8 Å². The van der Waals surface area contributed by atoms with Crippen LogP contribution in [0.25, 0.3) is 57.5 Å². The summed E-state index contributed by atoms with van der Waals surface area (Å²) < 4.78 is 0. The molecular formula is C41H42N8O9. The number of fused-ring (bicyclic) bond motifs is 8. The first-order valence-electron chi connectivity index (χ1n) is 18.2. The number of carbonyl (C=O) groups excluding carboxylic acids is 1. The van der Waals surface area contributed by atoms with Crippen molar-refractivity contribution in [1.29, 1.82) is 0 Å². The first kappa shape index (κ1) is 40.7. The number of likely N-dealkylation sites (N-methyl/N-ethyl adjacent to an activating group) is 1. The number of carboxylic acid groups (broad SMARTS) is 4. The number of aromatic amines is 2. The second kappa shape index (κ2) is 17.9. The highest BCUT2D eigenvalue weighted by molar-refractivity contribution is 6.08. The smallest absolute Gasteiger partial charge is 0.330 e. The fourth-order valence-corrected chi connectivity index (χ4v) is 6.64. The molecule has 0 fully saturated rings. The van der Waals surface area contributed by atoms with Crippen LogP contribution >= 0.6 is 0 Å². The second-order valence-corrected chi connectivity index (χ2v) is 14.0. The van der Waals surface area contributed by atoms with Crippen molar-refractivity contribution in [2.24, 2.45) is 0 Å². The number of aryl methyl sites for hydroxylation is 1. The second-order valence-electron chi connectivity index (χ2n) is 14.0. The number of hydrogen-bond acceptors (Lipinski definition) is 10. The van der Waals surface area contributed by atoms with E-state index in [9.17, 15) is 39.3 Å². The number of hydrogen-bond donors (Lipinski definition) is 7. The summed E-state index contributed by atoms with van der Waals surface area (Å²) in [7, 11) is 1.54. The van der Waals surface area contributed by atoms with Crippen molar-refractivity contribution in [3.63, 3.8) is 0 Å². The Morgan fingerprint density at radius 3 is 1.81 bits per heavy atom. The molecule has 3 aromatic heterocycles. The third kappa shape index (κ3) is 10.7. The lowest BCUT2D eigenvalue weighted by atomic mass is 10.0. The molecule has 300 valence electrons. The largest absolute Gasteiger partial charge is 0.480 e. The van der Waals surface area contributed by atoms with E-state index in [2.05, 4.69) is 15.3 Å². The molecule has 58 heavy (non-hydrogen) atoms. The van der Waals surface area contributed by atoms with Crippen LogP contribution in [-0.2, 0) is 24.0 Å². The highest BCUT2D eigenvalue weighted by Crippen LogP contribution is 2.31. The van der Waals surface area contributed by atoms with Crippen LogP contribution in [0.15, 0.2) is 60.7 Å². The third-order valence-electron chi connectivity index (χ3n) is 9.43. The first-order valence-corrected chi connectivity index (χ1v) is 18.2. The van der Waals surface area contributed by atoms with E-state index in [0.717, 1.165) is 44.1 Å². The highest BCUT2D eigenvalue weighted by atomic mass is 16.4. The Bertz CT molecular complexity index is 2490. The van der Waals surface area contributed by atoms with Gasteiger partial charge in [-0.2, -0.15) is 0 Å². The van der Waals surface area contributed by atoms with E-state index in [0.29, 0.717) is 28.0 Å². The number of aromatic nitrogens is 4. The average Bonchev–Trinajstić information content (AvgIpc) is 3.96. The Labute approximate surface area is 331 Å². The van der Waals surface area contributed by atoms with Crippen LogP contribution in [0.2, 0.25) is 0 Å². The number of H-pyrrole nitrogens is 2. The molecule has 0 radical (unpaired) electrons. The molecule has 17 nitrogen and oxygen atoms in total. The Balaban J connectivity index is 1.31. The van der Waals surface area contributed by atoms with Crippen molar-refractivity contribution in [3.05, 3.63) is 89.0 Å². The first-order chi connectivity index (χ1) is 27.7. The van der Waals surface area contributed by atoms with Crippen LogP contribution < -0.4 is 5.32 Å². The summed E-state index contributed by atoms with van der Waals surface area (Å²) in [5.74, 6) is -6.26. The summed E-state index contributed by atoms with van der Waals surface area (Å²) in [5.41, 5.74) is 8.50. The van der Waals surface area contributed by atoms with Gasteiger partial charge in [-0.15, -0.1) is 0 Å². The van der Waals surface area contributed by atoms with Gasteiger partial charge in [-0.1, -0.05) is 12.1 Å². The van der Waals surface area contributed by atoms with E-state index in [1.165, 1.54) is 9.80 Å². The fourth-order valence-electron chi connectivity index (χ4n) is 6.64. The fraction of sp³-hybridized carbons (Fsp3) is 0.244. The summed E-state index contributed by atoms with van der Waals surface area (Å²) in [6.07, 6.45) is 7.63. The number of carboxylic acids is 4. The Morgan fingerprint density at radius 2 is 1.22 bits per heavy atom. The molecule has 17 heteroatoms. The standard InChI is InChI=1S/C41H42N8O9/c1-24-3-4-25(33-19-32-18-30-8-7-28(43-30)16-26-5-6-27(42-26)17-29-9-10-31(44-29)20-35(33)45-32)15-34(24)46-40(56)39(41(57)58)49(23-38(54)55)14-13-48(22-37(52)53)12-11-47(2)21-36(50)51/h3-10,15-20,39,42,45H,11-14,21-23H2,1-2H3,(H,46,56)(H,50,51)(H,52,53)(H,54,55)(H,57,58). The summed E-state index contributed by atoms with van der Waals surface area (Å²) in [5, 5.41) is 41.2. The van der Waals surface area contributed by atoms with Crippen molar-refractivity contribution in [3.8, 4) is 11.1 Å². The maximum atomic E-state index is 13.8. The number of rotatable bonds is 17. The van der Waals surface area contributed by atoms with E-state index in [-0.39, 0.29) is 32.7 Å². The molecule has 8 bridgehead atoms. The lowest BCUT2D eigenvalue weighted by molar-refractivity contribution is -0.150. The number of nitrogens with zero attached hydrogens (tertiary/aromatic N) is 5. The number of carbonyl (C=O) groups is 5. The van der Waals surface area contributed by atoms with Gasteiger partial charge in [0.1, 0.15) is 0 Å². The molecule has 2 aliphatic rings. The Morgan fingerprint density at radius 1 is 0.655 bits per heavy atom. The topological polar surface area (TPSA) is 245 Å². The van der Waals surface area contributed by atoms with Gasteiger partial charge in [-0.3, -0.25) is 33.9 Å². The van der Waals surface area contributed by atoms with Crippen LogP contribution in [0.3, 0.4) is 0 Å². The van der Waals surface area contributed by atoms with Gasteiger partial charge >= 0.3 is 23.9 Å². The molecule has 1 unspecified atom stereocenters. The van der Waals surface area contributed by atoms with Gasteiger partial charge in [0.15, 0.2) is 6.04 Å². The predicted molar refractivity (Wildman–Crippen MR) is 218 cm³/mol. The van der Waals surface area contributed by atoms with Gasteiger partial charge in [0.2, 0.25) is 0 Å². The minimum Gasteiger partial charge on any atom is -0.480 e. The number of amides is 1. The van der Waals surface area contributed by atoms with Gasteiger partial charge < -0.3 is 35.7 Å². The van der Waals surface area contributed by atoms with Gasteiger partial charge in [0, 0.05) is 59.5 Å². The molecule has 7 N–H and O–H groups in total. The van der Waals surface area contributed by atoms with Gasteiger partial charge in [-0.05, 0) is 97.9 Å². The third-order valence-corrected chi connectivity index (χ3v) is 9.43. The van der Waals surface area contributed by atoms with E-state index >= 15 is 0 Å². The minimum atomic E-state index is -1.96. The minimum absolute atomic E-state index is 0.0869. The molecule has 0 spiro atoms. The monoisotopic (exact) mass is 790 g/mol. The Hall–Kier alpha value is -6.95.